The largest absolute Gasteiger partial charge is 0.379 e. The van der Waals surface area contributed by atoms with E-state index in [2.05, 4.69) is 10.1 Å². The van der Waals surface area contributed by atoms with Crippen molar-refractivity contribution in [2.75, 3.05) is 20.3 Å². The Morgan fingerprint density at radius 2 is 2.05 bits per heavy atom. The first-order valence-electron chi connectivity index (χ1n) is 6.98. The zero-order valence-corrected chi connectivity index (χ0v) is 11.3. The van der Waals surface area contributed by atoms with E-state index >= 15 is 0 Å². The van der Waals surface area contributed by atoms with Crippen molar-refractivity contribution < 1.29 is 14.0 Å². The van der Waals surface area contributed by atoms with Gasteiger partial charge in [0.05, 0.1) is 19.1 Å². The van der Waals surface area contributed by atoms with Crippen LogP contribution in [-0.4, -0.2) is 36.5 Å². The summed E-state index contributed by atoms with van der Waals surface area (Å²) < 4.78 is 16.5. The Hall–Kier alpha value is -0.980. The van der Waals surface area contributed by atoms with Gasteiger partial charge in [-0.05, 0) is 12.8 Å². The van der Waals surface area contributed by atoms with Gasteiger partial charge in [0, 0.05) is 13.2 Å². The third-order valence-corrected chi connectivity index (χ3v) is 4.34. The van der Waals surface area contributed by atoms with Gasteiger partial charge in [-0.2, -0.15) is 4.98 Å². The molecule has 0 aromatic carbocycles. The molecule has 6 nitrogen and oxygen atoms in total. The van der Waals surface area contributed by atoms with E-state index in [0.717, 1.165) is 25.7 Å². The van der Waals surface area contributed by atoms with Gasteiger partial charge in [-0.25, -0.2) is 0 Å². The lowest BCUT2D eigenvalue weighted by Crippen LogP contribution is -2.32. The summed E-state index contributed by atoms with van der Waals surface area (Å²) in [4.78, 5) is 4.55. The first-order chi connectivity index (χ1) is 9.25. The molecule has 0 radical (unpaired) electrons. The first kappa shape index (κ1) is 13.0. The van der Waals surface area contributed by atoms with Gasteiger partial charge in [0.25, 0.3) is 0 Å². The lowest BCUT2D eigenvalue weighted by atomic mass is 9.84. The molecule has 1 aliphatic carbocycles. The maximum Gasteiger partial charge on any atom is 0.233 e. The molecular formula is C13H21N3O3. The highest BCUT2D eigenvalue weighted by atomic mass is 16.5. The Morgan fingerprint density at radius 1 is 1.26 bits per heavy atom. The molecule has 2 unspecified atom stereocenters. The Labute approximate surface area is 112 Å². The minimum atomic E-state index is -0.371. The first-order valence-corrected chi connectivity index (χ1v) is 6.98. The average molecular weight is 267 g/mol. The molecule has 0 spiro atoms. The summed E-state index contributed by atoms with van der Waals surface area (Å²) in [6.45, 7) is 1.11. The van der Waals surface area contributed by atoms with Crippen LogP contribution in [0.15, 0.2) is 4.52 Å². The van der Waals surface area contributed by atoms with Crippen molar-refractivity contribution in [1.29, 1.82) is 0 Å². The predicted octanol–water partition coefficient (Wildman–Crippen LogP) is 1.32. The number of ether oxygens (including phenoxy) is 2. The maximum absolute atomic E-state index is 5.98. The number of hydrogen-bond acceptors (Lipinski definition) is 6. The molecule has 106 valence electrons. The Bertz CT molecular complexity index is 429. The second kappa shape index (κ2) is 5.19. The second-order valence-corrected chi connectivity index (χ2v) is 5.52. The van der Waals surface area contributed by atoms with Crippen LogP contribution >= 0.6 is 0 Å². The fourth-order valence-electron chi connectivity index (χ4n) is 3.04. The van der Waals surface area contributed by atoms with Crippen LogP contribution in [-0.2, 0) is 15.1 Å². The summed E-state index contributed by atoms with van der Waals surface area (Å²) in [5, 5.41) is 4.14. The average Bonchev–Trinajstić information content (AvgIpc) is 3.08. The number of methoxy groups -OCH3 is 1. The van der Waals surface area contributed by atoms with E-state index in [1.54, 1.807) is 7.11 Å². The number of rotatable bonds is 3. The van der Waals surface area contributed by atoms with Crippen molar-refractivity contribution in [3.05, 3.63) is 11.7 Å². The quantitative estimate of drug-likeness (QED) is 0.889. The molecule has 1 aromatic rings. The fourth-order valence-corrected chi connectivity index (χ4v) is 3.04. The van der Waals surface area contributed by atoms with Crippen LogP contribution in [0.1, 0.15) is 49.7 Å². The van der Waals surface area contributed by atoms with Gasteiger partial charge in [-0.15, -0.1) is 0 Å². The van der Waals surface area contributed by atoms with Crippen molar-refractivity contribution in [3.8, 4) is 0 Å². The molecule has 2 aliphatic rings. The van der Waals surface area contributed by atoms with Crippen molar-refractivity contribution in [2.24, 2.45) is 5.73 Å². The Morgan fingerprint density at radius 3 is 2.68 bits per heavy atom. The minimum Gasteiger partial charge on any atom is -0.379 e. The third kappa shape index (κ3) is 2.28. The molecule has 1 aliphatic heterocycles. The molecule has 3 rings (SSSR count). The summed E-state index contributed by atoms with van der Waals surface area (Å²) in [6.07, 6.45) is 5.44. The van der Waals surface area contributed by atoms with Gasteiger partial charge in [0.15, 0.2) is 0 Å². The zero-order chi connectivity index (χ0) is 13.3. The summed E-state index contributed by atoms with van der Waals surface area (Å²) in [6, 6.07) is -0.0573. The molecule has 2 fully saturated rings. The second-order valence-electron chi connectivity index (χ2n) is 5.52. The van der Waals surface area contributed by atoms with Crippen molar-refractivity contribution in [2.45, 2.75) is 49.7 Å². The van der Waals surface area contributed by atoms with Crippen LogP contribution in [0.25, 0.3) is 0 Å². The van der Waals surface area contributed by atoms with Crippen LogP contribution in [0.5, 0.6) is 0 Å². The molecule has 1 saturated heterocycles. The monoisotopic (exact) mass is 267 g/mol. The van der Waals surface area contributed by atoms with Gasteiger partial charge in [-0.3, -0.25) is 0 Å². The molecule has 2 atom stereocenters. The minimum absolute atomic E-state index is 0.0127. The van der Waals surface area contributed by atoms with E-state index in [-0.39, 0.29) is 17.6 Å². The van der Waals surface area contributed by atoms with Crippen LogP contribution in [0.4, 0.5) is 0 Å². The molecule has 2 heterocycles. The van der Waals surface area contributed by atoms with E-state index < -0.39 is 0 Å². The number of nitrogens with zero attached hydrogens (tertiary/aromatic N) is 2. The van der Waals surface area contributed by atoms with E-state index in [4.69, 9.17) is 19.7 Å². The molecule has 19 heavy (non-hydrogen) atoms. The number of hydrogen-bond donors (Lipinski definition) is 1. The van der Waals surface area contributed by atoms with Crippen molar-refractivity contribution in [1.82, 2.24) is 10.1 Å². The van der Waals surface area contributed by atoms with Crippen molar-refractivity contribution >= 4 is 0 Å². The number of nitrogens with two attached hydrogens (primary N) is 1. The Kier molecular flexibility index (Phi) is 3.56. The Balaban J connectivity index is 1.83. The highest BCUT2D eigenvalue weighted by Gasteiger charge is 2.40. The van der Waals surface area contributed by atoms with Gasteiger partial charge < -0.3 is 19.7 Å². The maximum atomic E-state index is 5.98. The number of aromatic nitrogens is 2. The summed E-state index contributed by atoms with van der Waals surface area (Å²) >= 11 is 0. The van der Waals surface area contributed by atoms with E-state index in [1.807, 2.05) is 0 Å². The fraction of sp³-hybridized carbons (Fsp3) is 0.846. The standard InChI is InChI=1S/C13H21N3O3/c1-17-13(5-3-2-4-6-13)12-15-11(19-16-12)9-7-18-8-10(9)14/h9-10H,2-8,14H2,1H3. The highest BCUT2D eigenvalue weighted by molar-refractivity contribution is 5.07. The van der Waals surface area contributed by atoms with Crippen LogP contribution in [0.2, 0.25) is 0 Å². The lowest BCUT2D eigenvalue weighted by Gasteiger charge is -2.32. The SMILES string of the molecule is COC1(c2noc(C3COCC3N)n2)CCCCC1. The summed E-state index contributed by atoms with van der Waals surface area (Å²) in [5.74, 6) is 1.27. The molecule has 0 amide bonds. The molecule has 0 bridgehead atoms. The van der Waals surface area contributed by atoms with E-state index in [0.29, 0.717) is 24.9 Å². The molecule has 2 N–H and O–H groups in total. The van der Waals surface area contributed by atoms with Crippen molar-refractivity contribution in [3.63, 3.8) is 0 Å². The molecule has 1 saturated carbocycles. The molecular weight excluding hydrogens is 246 g/mol. The van der Waals surface area contributed by atoms with Gasteiger partial charge in [0.2, 0.25) is 11.7 Å². The molecule has 1 aromatic heterocycles. The topological polar surface area (TPSA) is 83.4 Å². The third-order valence-electron chi connectivity index (χ3n) is 4.34. The van der Waals surface area contributed by atoms with Crippen LogP contribution < -0.4 is 5.73 Å². The van der Waals surface area contributed by atoms with Crippen LogP contribution in [0.3, 0.4) is 0 Å². The normalized spacial score (nSPS) is 30.6. The van der Waals surface area contributed by atoms with Gasteiger partial charge in [-0.1, -0.05) is 24.4 Å². The summed E-state index contributed by atoms with van der Waals surface area (Å²) in [5.41, 5.74) is 5.61. The van der Waals surface area contributed by atoms with Crippen LogP contribution in [0, 0.1) is 0 Å². The molecule has 6 heteroatoms. The zero-order valence-electron chi connectivity index (χ0n) is 11.3. The van der Waals surface area contributed by atoms with E-state index in [1.165, 1.54) is 6.42 Å². The smallest absolute Gasteiger partial charge is 0.233 e. The summed E-state index contributed by atoms with van der Waals surface area (Å²) in [7, 11) is 1.73. The predicted molar refractivity (Wildman–Crippen MR) is 67.6 cm³/mol. The lowest BCUT2D eigenvalue weighted by molar-refractivity contribution is -0.0527. The highest BCUT2D eigenvalue weighted by Crippen LogP contribution is 2.39. The van der Waals surface area contributed by atoms with E-state index in [9.17, 15) is 0 Å². The van der Waals surface area contributed by atoms with Gasteiger partial charge in [0.1, 0.15) is 5.60 Å². The van der Waals surface area contributed by atoms with Gasteiger partial charge >= 0.3 is 0 Å².